The Bertz CT molecular complexity index is 1550. The van der Waals surface area contributed by atoms with Crippen LogP contribution in [0.1, 0.15) is 44.9 Å². The van der Waals surface area contributed by atoms with E-state index in [1.165, 1.54) is 17.4 Å². The Kier molecular flexibility index (Phi) is 7.92. The molecule has 42 heavy (non-hydrogen) atoms. The summed E-state index contributed by atoms with van der Waals surface area (Å²) in [5.74, 6) is 0.929. The number of likely N-dealkylation sites (tertiary alicyclic amines) is 1. The van der Waals surface area contributed by atoms with E-state index in [9.17, 15) is 18.0 Å². The van der Waals surface area contributed by atoms with Gasteiger partial charge in [0.2, 0.25) is 0 Å². The van der Waals surface area contributed by atoms with Crippen molar-refractivity contribution in [2.45, 2.75) is 51.4 Å². The number of rotatable bonds is 6. The van der Waals surface area contributed by atoms with Crippen molar-refractivity contribution in [1.82, 2.24) is 19.8 Å². The molecule has 0 unspecified atom stereocenters. The fraction of sp³-hybridized carbons (Fsp3) is 0.429. The number of carbonyl (C=O) groups excluding carboxylic acids is 1. The van der Waals surface area contributed by atoms with Crippen molar-refractivity contribution in [1.29, 1.82) is 0 Å². The zero-order chi connectivity index (χ0) is 30.2. The Labute approximate surface area is 245 Å². The molecule has 0 spiro atoms. The molecule has 1 atom stereocenters. The van der Waals surface area contributed by atoms with Gasteiger partial charge in [-0.15, -0.1) is 0 Å². The number of para-hydroxylation sites is 1. The number of hydrogen-bond acceptors (Lipinski definition) is 10. The minimum atomic E-state index is -4.64. The number of nitrogens with one attached hydrogen (secondary N) is 1. The van der Waals surface area contributed by atoms with Crippen molar-refractivity contribution in [3.63, 3.8) is 0 Å². The van der Waals surface area contributed by atoms with E-state index in [1.807, 2.05) is 12.1 Å². The van der Waals surface area contributed by atoms with Gasteiger partial charge >= 0.3 is 12.3 Å². The van der Waals surface area contributed by atoms with Crippen LogP contribution in [0.4, 0.5) is 28.9 Å². The van der Waals surface area contributed by atoms with Crippen molar-refractivity contribution in [3.05, 3.63) is 53.5 Å². The van der Waals surface area contributed by atoms with Crippen LogP contribution < -0.4 is 15.8 Å². The number of nitrogens with two attached hydrogens (primary N) is 1. The lowest BCUT2D eigenvalue weighted by Crippen LogP contribution is -2.42. The number of aromatic nitrogens is 2. The summed E-state index contributed by atoms with van der Waals surface area (Å²) in [6.45, 7) is 6.25. The molecule has 0 saturated carbocycles. The molecule has 1 amide bonds. The molecule has 1 saturated heterocycles. The summed E-state index contributed by atoms with van der Waals surface area (Å²) in [6, 6.07) is 7.49. The van der Waals surface area contributed by atoms with Crippen LogP contribution in [0.5, 0.6) is 5.75 Å². The predicted molar refractivity (Wildman–Crippen MR) is 156 cm³/mol. The second-order valence-electron chi connectivity index (χ2n) is 11.1. The van der Waals surface area contributed by atoms with Gasteiger partial charge in [0.05, 0.1) is 16.5 Å². The van der Waals surface area contributed by atoms with Crippen LogP contribution in [0.25, 0.3) is 10.2 Å². The summed E-state index contributed by atoms with van der Waals surface area (Å²) in [6.07, 6.45) is -2.01. The first-order valence-electron chi connectivity index (χ1n) is 13.4. The predicted octanol–water partition coefficient (Wildman–Crippen LogP) is 5.72. The maximum Gasteiger partial charge on any atom is 0.433 e. The lowest BCUT2D eigenvalue weighted by atomic mass is 10.1. The Balaban J connectivity index is 1.42. The Morgan fingerprint density at radius 1 is 1.19 bits per heavy atom. The smallest absolute Gasteiger partial charge is 0.433 e. The molecule has 5 rings (SSSR count). The standard InChI is InChI=1S/C28H32F3N7O3S/c1-27(2,3)41-26(39)38-12-6-7-16(38)14-33-24-17(10-11-21(35-24)28(29,30)31)18-13-22(37(4)15-34-18)40-19-8-5-9-20-23(19)36-25(32)42-20/h5,8-11,13,16H,6-7,12,14-15H2,1-4H3,(H2,32,36)(H,33,35)/t16-/m1/s1. The summed E-state index contributed by atoms with van der Waals surface area (Å²) >= 11 is 1.34. The molecular weight excluding hydrogens is 571 g/mol. The minimum absolute atomic E-state index is 0.00847. The summed E-state index contributed by atoms with van der Waals surface area (Å²) in [7, 11) is 1.79. The van der Waals surface area contributed by atoms with E-state index in [0.29, 0.717) is 46.5 Å². The van der Waals surface area contributed by atoms with Gasteiger partial charge in [-0.1, -0.05) is 17.4 Å². The average molecular weight is 604 g/mol. The summed E-state index contributed by atoms with van der Waals surface area (Å²) in [5.41, 5.74) is 5.57. The van der Waals surface area contributed by atoms with Crippen molar-refractivity contribution in [3.8, 4) is 5.75 Å². The van der Waals surface area contributed by atoms with Gasteiger partial charge in [0.15, 0.2) is 16.8 Å². The Hall–Kier alpha value is -4.07. The number of pyridine rings is 1. The molecule has 0 aliphatic carbocycles. The molecule has 10 nitrogen and oxygen atoms in total. The van der Waals surface area contributed by atoms with Gasteiger partial charge in [0.25, 0.3) is 0 Å². The minimum Gasteiger partial charge on any atom is -0.444 e. The molecule has 224 valence electrons. The van der Waals surface area contributed by atoms with E-state index in [-0.39, 0.29) is 25.1 Å². The number of halogens is 3. The number of aliphatic imine (C=N–C) groups is 1. The van der Waals surface area contributed by atoms with Gasteiger partial charge in [-0.3, -0.25) is 4.99 Å². The number of fused-ring (bicyclic) bond motifs is 1. The molecule has 0 bridgehead atoms. The molecule has 1 aromatic carbocycles. The molecule has 2 aliphatic rings. The number of benzene rings is 1. The third-order valence-corrected chi connectivity index (χ3v) is 7.52. The van der Waals surface area contributed by atoms with Crippen molar-refractivity contribution in [2.24, 2.45) is 4.99 Å². The van der Waals surface area contributed by atoms with E-state index >= 15 is 0 Å². The van der Waals surface area contributed by atoms with Crippen LogP contribution in [0.15, 0.2) is 47.3 Å². The number of anilines is 2. The number of hydrogen-bond donors (Lipinski definition) is 2. The van der Waals surface area contributed by atoms with Gasteiger partial charge in [0, 0.05) is 31.8 Å². The highest BCUT2D eigenvalue weighted by atomic mass is 32.1. The quantitative estimate of drug-likeness (QED) is 0.368. The van der Waals surface area contributed by atoms with Gasteiger partial charge in [-0.2, -0.15) is 13.2 Å². The number of alkyl halides is 3. The highest BCUT2D eigenvalue weighted by Gasteiger charge is 2.35. The molecular formula is C28H32F3N7O3S. The number of amides is 1. The normalized spacial score (nSPS) is 17.7. The second kappa shape index (κ2) is 11.3. The zero-order valence-electron chi connectivity index (χ0n) is 23.7. The molecule has 2 aliphatic heterocycles. The summed E-state index contributed by atoms with van der Waals surface area (Å²) < 4.78 is 53.5. The molecule has 2 aromatic heterocycles. The van der Waals surface area contributed by atoms with Crippen molar-refractivity contribution < 1.29 is 27.4 Å². The molecule has 4 heterocycles. The lowest BCUT2D eigenvalue weighted by Gasteiger charge is -2.29. The average Bonchev–Trinajstić information content (AvgIpc) is 3.53. The van der Waals surface area contributed by atoms with Crippen LogP contribution in [0.2, 0.25) is 0 Å². The van der Waals surface area contributed by atoms with Crippen molar-refractivity contribution in [2.75, 3.05) is 37.9 Å². The SMILES string of the molecule is CN1CN=C(c2ccc(C(F)(F)F)nc2NC[C@H]2CCCN2C(=O)OC(C)(C)C)C=C1Oc1cccc2sc(N)nc12. The lowest BCUT2D eigenvalue weighted by molar-refractivity contribution is -0.141. The van der Waals surface area contributed by atoms with Gasteiger partial charge in [-0.25, -0.2) is 14.8 Å². The number of carbonyl (C=O) groups is 1. The number of nitrogen functional groups attached to an aromatic ring is 1. The third-order valence-electron chi connectivity index (χ3n) is 6.67. The number of thiazole rings is 1. The van der Waals surface area contributed by atoms with Gasteiger partial charge < -0.3 is 30.3 Å². The molecule has 3 N–H and O–H groups in total. The first-order valence-corrected chi connectivity index (χ1v) is 14.2. The first kappa shape index (κ1) is 29.4. The van der Waals surface area contributed by atoms with Crippen LogP contribution in [-0.2, 0) is 10.9 Å². The molecule has 14 heteroatoms. The van der Waals surface area contributed by atoms with Crippen molar-refractivity contribution >= 4 is 44.3 Å². The zero-order valence-corrected chi connectivity index (χ0v) is 24.5. The van der Waals surface area contributed by atoms with Crippen LogP contribution in [0, 0.1) is 0 Å². The molecule has 0 radical (unpaired) electrons. The van der Waals surface area contributed by atoms with Crippen LogP contribution in [-0.4, -0.2) is 70.0 Å². The maximum atomic E-state index is 13.7. The van der Waals surface area contributed by atoms with E-state index in [4.69, 9.17) is 15.2 Å². The van der Waals surface area contributed by atoms with Crippen LogP contribution in [0.3, 0.4) is 0 Å². The van der Waals surface area contributed by atoms with Crippen LogP contribution >= 0.6 is 11.3 Å². The van der Waals surface area contributed by atoms with E-state index < -0.39 is 23.6 Å². The Morgan fingerprint density at radius 2 is 1.98 bits per heavy atom. The molecule has 1 fully saturated rings. The van der Waals surface area contributed by atoms with E-state index in [1.54, 1.807) is 49.8 Å². The fourth-order valence-electron chi connectivity index (χ4n) is 4.71. The maximum absolute atomic E-state index is 13.7. The largest absolute Gasteiger partial charge is 0.444 e. The topological polar surface area (TPSA) is 118 Å². The first-order chi connectivity index (χ1) is 19.8. The van der Waals surface area contributed by atoms with Gasteiger partial charge in [0.1, 0.15) is 29.3 Å². The van der Waals surface area contributed by atoms with E-state index in [2.05, 4.69) is 20.3 Å². The summed E-state index contributed by atoms with van der Waals surface area (Å²) in [5, 5.41) is 3.48. The number of ether oxygens (including phenoxy) is 2. The number of nitrogens with zero attached hydrogens (tertiary/aromatic N) is 5. The van der Waals surface area contributed by atoms with E-state index in [0.717, 1.165) is 17.2 Å². The fourth-order valence-corrected chi connectivity index (χ4v) is 5.46. The third kappa shape index (κ3) is 6.53. The monoisotopic (exact) mass is 603 g/mol. The summed E-state index contributed by atoms with van der Waals surface area (Å²) in [4.78, 5) is 29.0. The Morgan fingerprint density at radius 3 is 2.71 bits per heavy atom. The molecule has 3 aromatic rings. The van der Waals surface area contributed by atoms with Gasteiger partial charge in [-0.05, 0) is 57.9 Å². The highest BCUT2D eigenvalue weighted by Crippen LogP contribution is 2.34. The second-order valence-corrected chi connectivity index (χ2v) is 12.1. The number of allylic oxidation sites excluding steroid dienone is 1. The highest BCUT2D eigenvalue weighted by molar-refractivity contribution is 7.22.